The van der Waals surface area contributed by atoms with E-state index in [1.54, 1.807) is 19.1 Å². The van der Waals surface area contributed by atoms with E-state index < -0.39 is 36.0 Å². The number of nitrogens with zero attached hydrogens (tertiary/aromatic N) is 2. The van der Waals surface area contributed by atoms with E-state index in [0.29, 0.717) is 23.0 Å². The molecule has 3 aliphatic heterocycles. The zero-order valence-corrected chi connectivity index (χ0v) is 22.7. The molecule has 3 unspecified atom stereocenters. The highest BCUT2D eigenvalue weighted by molar-refractivity contribution is 6.03. The second-order valence-electron chi connectivity index (χ2n) is 11.0. The van der Waals surface area contributed by atoms with Gasteiger partial charge < -0.3 is 15.2 Å². The van der Waals surface area contributed by atoms with Gasteiger partial charge in [-0.15, -0.1) is 0 Å². The number of carbonyl (C=O) groups is 1. The second kappa shape index (κ2) is 12.9. The first-order valence-electron chi connectivity index (χ1n) is 13.9. The quantitative estimate of drug-likeness (QED) is 0.451. The molecule has 3 aliphatic rings. The molecule has 2 aromatic carbocycles. The lowest BCUT2D eigenvalue weighted by atomic mass is 9.91. The lowest BCUT2D eigenvalue weighted by Gasteiger charge is -2.22. The Morgan fingerprint density at radius 1 is 1.12 bits per heavy atom. The number of ketones is 1. The number of ether oxygens (including phenoxy) is 1. The smallest absolute Gasteiger partial charge is 0.204 e. The monoisotopic (exact) mass is 547 g/mol. The summed E-state index contributed by atoms with van der Waals surface area (Å²) in [6, 6.07) is 12.6. The van der Waals surface area contributed by atoms with Crippen molar-refractivity contribution in [2.75, 3.05) is 39.5 Å². The number of benzene rings is 2. The molecular weight excluding hydrogens is 512 g/mol. The largest absolute Gasteiger partial charge is 0.503 e. The molecule has 210 valence electrons. The summed E-state index contributed by atoms with van der Waals surface area (Å²) >= 11 is 0. The van der Waals surface area contributed by atoms with Crippen LogP contribution in [0, 0.1) is 29.5 Å². The van der Waals surface area contributed by atoms with Gasteiger partial charge in [0.2, 0.25) is 5.78 Å². The van der Waals surface area contributed by atoms with Gasteiger partial charge in [0.15, 0.2) is 5.76 Å². The van der Waals surface area contributed by atoms with Gasteiger partial charge in [0.25, 0.3) is 0 Å². The number of nitrogens with one attached hydrogen (secondary N) is 1. The Balaban J connectivity index is 1.25. The van der Waals surface area contributed by atoms with Gasteiger partial charge in [0, 0.05) is 80.2 Å². The van der Waals surface area contributed by atoms with Gasteiger partial charge in [0.1, 0.15) is 12.5 Å². The van der Waals surface area contributed by atoms with Gasteiger partial charge in [-0.25, -0.2) is 8.78 Å². The van der Waals surface area contributed by atoms with E-state index >= 15 is 4.39 Å². The van der Waals surface area contributed by atoms with Crippen LogP contribution >= 0.6 is 0 Å². The predicted octanol–water partition coefficient (Wildman–Crippen LogP) is 4.54. The SMILES string of the molecule is C[C@@H](CF)NCC(CC1=C(O)C(=O)CC=N1)c1ccc(C#Cc2ccc(CN3CC4COCC4C3)cc2)cc1F. The second-order valence-corrected chi connectivity index (χ2v) is 11.0. The lowest BCUT2D eigenvalue weighted by molar-refractivity contribution is -0.117. The Bertz CT molecular complexity index is 1330. The summed E-state index contributed by atoms with van der Waals surface area (Å²) in [4.78, 5) is 18.6. The fourth-order valence-electron chi connectivity index (χ4n) is 5.58. The van der Waals surface area contributed by atoms with Crippen LogP contribution in [-0.4, -0.2) is 67.6 Å². The van der Waals surface area contributed by atoms with Crippen molar-refractivity contribution in [1.82, 2.24) is 10.2 Å². The van der Waals surface area contributed by atoms with Gasteiger partial charge in [-0.3, -0.25) is 14.7 Å². The molecule has 2 fully saturated rings. The Kier molecular flexibility index (Phi) is 9.05. The number of aliphatic hydroxyl groups excluding tert-OH is 1. The summed E-state index contributed by atoms with van der Waals surface area (Å²) in [5.74, 6) is 5.76. The van der Waals surface area contributed by atoms with Gasteiger partial charge >= 0.3 is 0 Å². The van der Waals surface area contributed by atoms with Gasteiger partial charge in [-0.05, 0) is 42.3 Å². The number of carbonyl (C=O) groups excluding carboxylic acids is 1. The van der Waals surface area contributed by atoms with Crippen molar-refractivity contribution in [3.05, 3.63) is 82.0 Å². The fourth-order valence-corrected chi connectivity index (χ4v) is 5.58. The summed E-state index contributed by atoms with van der Waals surface area (Å²) < 4.78 is 33.9. The fraction of sp³-hybridized carbons (Fsp3) is 0.438. The number of allylic oxidation sites excluding steroid dienone is 2. The molecule has 4 atom stereocenters. The number of rotatable bonds is 9. The molecule has 0 aromatic heterocycles. The summed E-state index contributed by atoms with van der Waals surface area (Å²) in [6.45, 7) is 6.24. The zero-order valence-electron chi connectivity index (χ0n) is 22.7. The minimum Gasteiger partial charge on any atom is -0.503 e. The summed E-state index contributed by atoms with van der Waals surface area (Å²) in [6.07, 6.45) is 1.62. The number of alkyl halides is 1. The molecule has 0 bridgehead atoms. The third kappa shape index (κ3) is 6.84. The van der Waals surface area contributed by atoms with Crippen LogP contribution < -0.4 is 5.32 Å². The molecule has 0 spiro atoms. The summed E-state index contributed by atoms with van der Waals surface area (Å²) in [7, 11) is 0. The highest BCUT2D eigenvalue weighted by Gasteiger charge is 2.36. The highest BCUT2D eigenvalue weighted by atomic mass is 19.1. The van der Waals surface area contributed by atoms with E-state index in [4.69, 9.17) is 4.74 Å². The van der Waals surface area contributed by atoms with Gasteiger partial charge in [0.05, 0.1) is 18.9 Å². The van der Waals surface area contributed by atoms with Crippen molar-refractivity contribution in [3.63, 3.8) is 0 Å². The first-order valence-corrected chi connectivity index (χ1v) is 13.9. The zero-order chi connectivity index (χ0) is 28.1. The molecule has 40 heavy (non-hydrogen) atoms. The average molecular weight is 548 g/mol. The number of likely N-dealkylation sites (tertiary alicyclic amines) is 1. The maximum atomic E-state index is 15.3. The van der Waals surface area contributed by atoms with Crippen LogP contribution in [0.25, 0.3) is 0 Å². The first kappa shape index (κ1) is 28.2. The molecule has 0 radical (unpaired) electrons. The average Bonchev–Trinajstić information content (AvgIpc) is 3.55. The van der Waals surface area contributed by atoms with Gasteiger partial charge in [-0.2, -0.15) is 0 Å². The molecule has 2 N–H and O–H groups in total. The number of hydrogen-bond acceptors (Lipinski definition) is 6. The molecule has 8 heteroatoms. The molecule has 5 rings (SSSR count). The van der Waals surface area contributed by atoms with Crippen molar-refractivity contribution in [3.8, 4) is 11.8 Å². The standard InChI is InChI=1S/C32H35F2N3O3/c1-21(14-33)36-15-25(13-30-32(39)31(38)10-11-35-30)28-9-8-23(12-29(28)34)5-2-22-3-6-24(7-4-22)16-37-17-26-19-40-20-27(26)18-37/h3-4,6-9,11-12,21,25-27,36,39H,10,13-20H2,1H3/t21-,25?,26?,27?/m0/s1. The lowest BCUT2D eigenvalue weighted by Crippen LogP contribution is -2.32. The minimum atomic E-state index is -0.566. The summed E-state index contributed by atoms with van der Waals surface area (Å²) in [5, 5.41) is 13.2. The maximum absolute atomic E-state index is 15.3. The Hall–Kier alpha value is -3.38. The Morgan fingerprint density at radius 3 is 2.52 bits per heavy atom. The third-order valence-electron chi connectivity index (χ3n) is 7.91. The molecule has 2 aromatic rings. The van der Waals surface area contributed by atoms with Crippen molar-refractivity contribution < 1.29 is 23.4 Å². The number of hydrogen-bond donors (Lipinski definition) is 2. The van der Waals surface area contributed by atoms with Crippen molar-refractivity contribution in [2.45, 2.75) is 38.3 Å². The van der Waals surface area contributed by atoms with E-state index in [1.807, 2.05) is 12.1 Å². The Labute approximate surface area is 234 Å². The van der Waals surface area contributed by atoms with Gasteiger partial charge in [-0.1, -0.05) is 30.0 Å². The predicted molar refractivity (Wildman–Crippen MR) is 150 cm³/mol. The first-order chi connectivity index (χ1) is 19.4. The number of aliphatic hydroxyl groups is 1. The van der Waals surface area contributed by atoms with Crippen LogP contribution in [0.3, 0.4) is 0 Å². The molecule has 2 saturated heterocycles. The number of aliphatic imine (C=N–C) groups is 1. The van der Waals surface area contributed by atoms with Crippen LogP contribution in [-0.2, 0) is 16.1 Å². The van der Waals surface area contributed by atoms with Crippen molar-refractivity contribution in [1.29, 1.82) is 0 Å². The molecule has 6 nitrogen and oxygen atoms in total. The highest BCUT2D eigenvalue weighted by Crippen LogP contribution is 2.31. The topological polar surface area (TPSA) is 74.2 Å². The number of fused-ring (bicyclic) bond motifs is 1. The van der Waals surface area contributed by atoms with Crippen molar-refractivity contribution >= 4 is 12.0 Å². The van der Waals surface area contributed by atoms with Crippen molar-refractivity contribution in [2.24, 2.45) is 16.8 Å². The molecular formula is C32H35F2N3O3. The van der Waals surface area contributed by atoms with E-state index in [0.717, 1.165) is 38.4 Å². The normalized spacial score (nSPS) is 22.2. The van der Waals surface area contributed by atoms with E-state index in [1.165, 1.54) is 17.8 Å². The third-order valence-corrected chi connectivity index (χ3v) is 7.91. The minimum absolute atomic E-state index is 0.0384. The molecule has 0 amide bonds. The van der Waals surface area contributed by atoms with Crippen LogP contribution in [0.5, 0.6) is 0 Å². The molecule has 0 saturated carbocycles. The van der Waals surface area contributed by atoms with E-state index in [9.17, 15) is 14.3 Å². The van der Waals surface area contributed by atoms with Crippen LogP contribution in [0.2, 0.25) is 0 Å². The number of Topliss-reactive ketones (excluding diaryl/α,β-unsaturated/α-hetero) is 1. The van der Waals surface area contributed by atoms with Crippen LogP contribution in [0.15, 0.2) is 58.9 Å². The van der Waals surface area contributed by atoms with E-state index in [2.05, 4.69) is 39.2 Å². The Morgan fingerprint density at radius 2 is 1.82 bits per heavy atom. The number of halogens is 2. The maximum Gasteiger partial charge on any atom is 0.204 e. The van der Waals surface area contributed by atoms with E-state index in [-0.39, 0.29) is 25.1 Å². The summed E-state index contributed by atoms with van der Waals surface area (Å²) in [5.41, 5.74) is 3.23. The van der Waals surface area contributed by atoms with Crippen LogP contribution in [0.4, 0.5) is 8.78 Å². The van der Waals surface area contributed by atoms with Crippen LogP contribution in [0.1, 0.15) is 47.9 Å². The molecule has 3 heterocycles. The molecule has 0 aliphatic carbocycles.